The van der Waals surface area contributed by atoms with Crippen LogP contribution in [0.15, 0.2) is 18.5 Å². The number of carbonyl (C=O) groups is 1. The second-order valence-electron chi connectivity index (χ2n) is 3.55. The molecule has 0 aromatic carbocycles. The van der Waals surface area contributed by atoms with E-state index in [2.05, 4.69) is 6.92 Å². The Morgan fingerprint density at radius 3 is 3.00 bits per heavy atom. The first-order valence-electron chi connectivity index (χ1n) is 5.08. The van der Waals surface area contributed by atoms with Gasteiger partial charge in [-0.2, -0.15) is 0 Å². The van der Waals surface area contributed by atoms with Gasteiger partial charge >= 0.3 is 6.09 Å². The number of amides is 1. The van der Waals surface area contributed by atoms with Gasteiger partial charge in [-0.05, 0) is 13.0 Å². The van der Waals surface area contributed by atoms with Gasteiger partial charge in [0.15, 0.2) is 0 Å². The molecule has 1 aromatic rings. The molecule has 15 heavy (non-hydrogen) atoms. The summed E-state index contributed by atoms with van der Waals surface area (Å²) in [6, 6.07) is 1.91. The normalized spacial score (nSPS) is 20.8. The van der Waals surface area contributed by atoms with Crippen LogP contribution >= 0.6 is 0 Å². The van der Waals surface area contributed by atoms with Crippen molar-refractivity contribution in [3.63, 3.8) is 0 Å². The molecule has 5 heteroatoms. The highest BCUT2D eigenvalue weighted by Gasteiger charge is 2.31. The van der Waals surface area contributed by atoms with Crippen molar-refractivity contribution in [3.05, 3.63) is 18.5 Å². The number of cyclic esters (lactones) is 1. The molecule has 1 aliphatic rings. The van der Waals surface area contributed by atoms with Gasteiger partial charge in [0.05, 0.1) is 12.2 Å². The van der Waals surface area contributed by atoms with Crippen molar-refractivity contribution in [1.82, 2.24) is 4.57 Å². The third-order valence-corrected chi connectivity index (χ3v) is 2.55. The summed E-state index contributed by atoms with van der Waals surface area (Å²) in [5.41, 5.74) is 6.33. The molecule has 1 aliphatic heterocycles. The Bertz CT molecular complexity index is 361. The molecule has 82 valence electrons. The standard InChI is InChI=1S/C10H15N3O2/c1-2-12-4-3-8(6-12)13-7-9(5-11)15-10(13)14/h3-4,6,9H,2,5,7,11H2,1H3/t9-/m0/s1. The van der Waals surface area contributed by atoms with E-state index in [1.54, 1.807) is 4.90 Å². The lowest BCUT2D eigenvalue weighted by Gasteiger charge is -2.09. The highest BCUT2D eigenvalue weighted by atomic mass is 16.6. The first-order valence-corrected chi connectivity index (χ1v) is 5.08. The summed E-state index contributed by atoms with van der Waals surface area (Å²) in [6.07, 6.45) is 3.39. The van der Waals surface area contributed by atoms with Gasteiger partial charge in [0.1, 0.15) is 6.10 Å². The van der Waals surface area contributed by atoms with Gasteiger partial charge in [-0.15, -0.1) is 0 Å². The van der Waals surface area contributed by atoms with Crippen LogP contribution in [0.1, 0.15) is 6.92 Å². The van der Waals surface area contributed by atoms with Crippen LogP contribution in [0, 0.1) is 0 Å². The van der Waals surface area contributed by atoms with Crippen LogP contribution in [0.25, 0.3) is 0 Å². The number of nitrogens with two attached hydrogens (primary N) is 1. The molecular weight excluding hydrogens is 194 g/mol. The minimum Gasteiger partial charge on any atom is -0.443 e. The number of aromatic nitrogens is 1. The number of ether oxygens (including phenoxy) is 1. The molecule has 0 unspecified atom stereocenters. The van der Waals surface area contributed by atoms with Gasteiger partial charge in [0.2, 0.25) is 0 Å². The first kappa shape index (κ1) is 10.0. The van der Waals surface area contributed by atoms with Crippen molar-refractivity contribution in [3.8, 4) is 0 Å². The summed E-state index contributed by atoms with van der Waals surface area (Å²) in [4.78, 5) is 13.1. The second-order valence-corrected chi connectivity index (χ2v) is 3.55. The fourth-order valence-electron chi connectivity index (χ4n) is 1.64. The van der Waals surface area contributed by atoms with Gasteiger partial charge < -0.3 is 15.0 Å². The minimum atomic E-state index is -0.306. The average molecular weight is 209 g/mol. The molecule has 1 amide bonds. The van der Waals surface area contributed by atoms with E-state index in [1.807, 2.05) is 23.0 Å². The Labute approximate surface area is 88.4 Å². The van der Waals surface area contributed by atoms with Crippen LogP contribution in [-0.2, 0) is 11.3 Å². The van der Waals surface area contributed by atoms with Crippen molar-refractivity contribution >= 4 is 11.8 Å². The zero-order valence-corrected chi connectivity index (χ0v) is 8.72. The lowest BCUT2D eigenvalue weighted by atomic mass is 10.3. The summed E-state index contributed by atoms with van der Waals surface area (Å²) < 4.78 is 7.09. The summed E-state index contributed by atoms with van der Waals surface area (Å²) in [5.74, 6) is 0. The molecule has 5 nitrogen and oxygen atoms in total. The predicted octanol–water partition coefficient (Wildman–Crippen LogP) is 0.792. The average Bonchev–Trinajstić information content (AvgIpc) is 2.83. The SMILES string of the molecule is CCn1ccc(N2C[C@H](CN)OC2=O)c1. The number of hydrogen-bond acceptors (Lipinski definition) is 3. The predicted molar refractivity (Wildman–Crippen MR) is 56.8 cm³/mol. The largest absolute Gasteiger partial charge is 0.443 e. The molecule has 0 bridgehead atoms. The summed E-state index contributed by atoms with van der Waals surface area (Å²) in [6.45, 7) is 3.86. The zero-order valence-electron chi connectivity index (χ0n) is 8.72. The van der Waals surface area contributed by atoms with Crippen molar-refractivity contribution in [1.29, 1.82) is 0 Å². The van der Waals surface area contributed by atoms with Crippen LogP contribution in [0.4, 0.5) is 10.5 Å². The molecule has 2 rings (SSSR count). The van der Waals surface area contributed by atoms with Crippen LogP contribution in [0.2, 0.25) is 0 Å². The van der Waals surface area contributed by atoms with E-state index in [1.165, 1.54) is 0 Å². The van der Waals surface area contributed by atoms with Gasteiger partial charge in [0, 0.05) is 25.5 Å². The van der Waals surface area contributed by atoms with Crippen molar-refractivity contribution in [2.75, 3.05) is 18.0 Å². The van der Waals surface area contributed by atoms with Crippen molar-refractivity contribution < 1.29 is 9.53 Å². The van der Waals surface area contributed by atoms with E-state index < -0.39 is 0 Å². The number of rotatable bonds is 3. The maximum absolute atomic E-state index is 11.5. The lowest BCUT2D eigenvalue weighted by Crippen LogP contribution is -2.27. The third kappa shape index (κ3) is 1.83. The molecule has 0 spiro atoms. The molecule has 0 radical (unpaired) electrons. The molecule has 1 saturated heterocycles. The number of hydrogen-bond donors (Lipinski definition) is 1. The van der Waals surface area contributed by atoms with Gasteiger partial charge in [-0.1, -0.05) is 0 Å². The first-order chi connectivity index (χ1) is 7.24. The van der Waals surface area contributed by atoms with Crippen LogP contribution in [0.3, 0.4) is 0 Å². The Hall–Kier alpha value is -1.49. The van der Waals surface area contributed by atoms with Crippen molar-refractivity contribution in [2.45, 2.75) is 19.6 Å². The quantitative estimate of drug-likeness (QED) is 0.800. The molecule has 1 atom stereocenters. The topological polar surface area (TPSA) is 60.5 Å². The number of anilines is 1. The minimum absolute atomic E-state index is 0.178. The highest BCUT2D eigenvalue weighted by molar-refractivity contribution is 5.89. The molecule has 0 aliphatic carbocycles. The summed E-state index contributed by atoms with van der Waals surface area (Å²) in [5, 5.41) is 0. The van der Waals surface area contributed by atoms with E-state index >= 15 is 0 Å². The molecule has 0 saturated carbocycles. The molecular formula is C10H15N3O2. The number of carbonyl (C=O) groups excluding carboxylic acids is 1. The fraction of sp³-hybridized carbons (Fsp3) is 0.500. The van der Waals surface area contributed by atoms with E-state index in [0.29, 0.717) is 13.1 Å². The smallest absolute Gasteiger partial charge is 0.414 e. The van der Waals surface area contributed by atoms with E-state index in [0.717, 1.165) is 12.2 Å². The fourth-order valence-corrected chi connectivity index (χ4v) is 1.64. The van der Waals surface area contributed by atoms with Gasteiger partial charge in [0.25, 0.3) is 0 Å². The number of nitrogens with zero attached hydrogens (tertiary/aromatic N) is 2. The highest BCUT2D eigenvalue weighted by Crippen LogP contribution is 2.21. The van der Waals surface area contributed by atoms with Crippen LogP contribution < -0.4 is 10.6 Å². The Balaban J connectivity index is 2.14. The summed E-state index contributed by atoms with van der Waals surface area (Å²) >= 11 is 0. The molecule has 1 aromatic heterocycles. The maximum atomic E-state index is 11.5. The summed E-state index contributed by atoms with van der Waals surface area (Å²) in [7, 11) is 0. The zero-order chi connectivity index (χ0) is 10.8. The molecule has 2 N–H and O–H groups in total. The molecule has 1 fully saturated rings. The van der Waals surface area contributed by atoms with Gasteiger partial charge in [-0.25, -0.2) is 4.79 Å². The maximum Gasteiger partial charge on any atom is 0.414 e. The van der Waals surface area contributed by atoms with E-state index in [-0.39, 0.29) is 12.2 Å². The van der Waals surface area contributed by atoms with E-state index in [9.17, 15) is 4.79 Å². The molecule has 2 heterocycles. The monoisotopic (exact) mass is 209 g/mol. The van der Waals surface area contributed by atoms with Gasteiger partial charge in [-0.3, -0.25) is 4.90 Å². The number of aryl methyl sites for hydroxylation is 1. The van der Waals surface area contributed by atoms with Crippen LogP contribution in [-0.4, -0.2) is 29.9 Å². The Morgan fingerprint density at radius 1 is 1.67 bits per heavy atom. The van der Waals surface area contributed by atoms with Crippen LogP contribution in [0.5, 0.6) is 0 Å². The Kier molecular flexibility index (Phi) is 2.64. The second kappa shape index (κ2) is 3.94. The van der Waals surface area contributed by atoms with Crippen molar-refractivity contribution in [2.24, 2.45) is 5.73 Å². The Morgan fingerprint density at radius 2 is 2.47 bits per heavy atom. The lowest BCUT2D eigenvalue weighted by molar-refractivity contribution is 0.145. The van der Waals surface area contributed by atoms with E-state index in [4.69, 9.17) is 10.5 Å². The third-order valence-electron chi connectivity index (χ3n) is 2.55.